The van der Waals surface area contributed by atoms with E-state index in [0.717, 1.165) is 5.92 Å². The summed E-state index contributed by atoms with van der Waals surface area (Å²) in [5, 5.41) is 0. The van der Waals surface area contributed by atoms with Crippen molar-refractivity contribution in [2.75, 3.05) is 0 Å². The molecule has 0 aliphatic heterocycles. The van der Waals surface area contributed by atoms with Gasteiger partial charge in [-0.15, -0.1) is 0 Å². The lowest BCUT2D eigenvalue weighted by Gasteiger charge is -2.36. The Morgan fingerprint density at radius 3 is 2.12 bits per heavy atom. The van der Waals surface area contributed by atoms with E-state index in [2.05, 4.69) is 48.5 Å². The second-order valence-corrected chi connectivity index (χ2v) is 7.59. The van der Waals surface area contributed by atoms with Crippen LogP contribution >= 0.6 is 0 Å². The third-order valence-electron chi connectivity index (χ3n) is 5.81. The van der Waals surface area contributed by atoms with Gasteiger partial charge in [0.2, 0.25) is 0 Å². The summed E-state index contributed by atoms with van der Waals surface area (Å²) in [6.45, 7) is 17.0. The van der Waals surface area contributed by atoms with Crippen molar-refractivity contribution in [3.63, 3.8) is 0 Å². The first-order valence-electron chi connectivity index (χ1n) is 7.18. The first-order valence-corrected chi connectivity index (χ1v) is 7.18. The van der Waals surface area contributed by atoms with Crippen LogP contribution in [-0.2, 0) is 0 Å². The molecule has 1 saturated carbocycles. The molecular weight excluding hydrogens is 192 g/mol. The van der Waals surface area contributed by atoms with Crippen LogP contribution in [0.15, 0.2) is 0 Å². The summed E-state index contributed by atoms with van der Waals surface area (Å²) >= 11 is 0. The van der Waals surface area contributed by atoms with E-state index in [0.29, 0.717) is 16.2 Å². The highest BCUT2D eigenvalue weighted by atomic mass is 14.7. The van der Waals surface area contributed by atoms with Crippen molar-refractivity contribution in [2.45, 2.75) is 80.6 Å². The summed E-state index contributed by atoms with van der Waals surface area (Å²) in [4.78, 5) is 0. The quantitative estimate of drug-likeness (QED) is 0.545. The summed E-state index contributed by atoms with van der Waals surface area (Å²) in [6.07, 6.45) is 6.97. The van der Waals surface area contributed by atoms with E-state index in [1.165, 1.54) is 32.1 Å². The van der Waals surface area contributed by atoms with Crippen LogP contribution < -0.4 is 0 Å². The van der Waals surface area contributed by atoms with Gasteiger partial charge in [0.1, 0.15) is 0 Å². The summed E-state index contributed by atoms with van der Waals surface area (Å²) in [5.74, 6) is 0.861. The zero-order chi connectivity index (χ0) is 12.6. The van der Waals surface area contributed by atoms with E-state index in [4.69, 9.17) is 0 Å². The second-order valence-electron chi connectivity index (χ2n) is 7.59. The largest absolute Gasteiger partial charge is 0.0648 e. The third kappa shape index (κ3) is 2.31. The van der Waals surface area contributed by atoms with Gasteiger partial charge in [0, 0.05) is 0 Å². The minimum atomic E-state index is 0.520. The van der Waals surface area contributed by atoms with Crippen molar-refractivity contribution in [3.05, 3.63) is 0 Å². The molecule has 16 heavy (non-hydrogen) atoms. The Labute approximate surface area is 103 Å². The van der Waals surface area contributed by atoms with Crippen molar-refractivity contribution in [1.29, 1.82) is 0 Å². The van der Waals surface area contributed by atoms with Crippen molar-refractivity contribution in [3.8, 4) is 0 Å². The number of hydrogen-bond acceptors (Lipinski definition) is 0. The summed E-state index contributed by atoms with van der Waals surface area (Å²) in [5.41, 5.74) is 1.73. The van der Waals surface area contributed by atoms with Crippen LogP contribution in [0.4, 0.5) is 0 Å². The van der Waals surface area contributed by atoms with Crippen LogP contribution in [0, 0.1) is 22.2 Å². The molecule has 0 saturated heterocycles. The lowest BCUT2D eigenvalue weighted by atomic mass is 9.69. The van der Waals surface area contributed by atoms with Gasteiger partial charge in [0.15, 0.2) is 0 Å². The minimum absolute atomic E-state index is 0.520. The zero-order valence-electron chi connectivity index (χ0n) is 12.6. The smallest absolute Gasteiger partial charge is 0.0215 e. The molecule has 0 amide bonds. The monoisotopic (exact) mass is 224 g/mol. The van der Waals surface area contributed by atoms with Gasteiger partial charge in [-0.2, -0.15) is 0 Å². The highest BCUT2D eigenvalue weighted by Crippen LogP contribution is 2.74. The summed E-state index contributed by atoms with van der Waals surface area (Å²) in [6, 6.07) is 0. The topological polar surface area (TPSA) is 0 Å². The Balaban J connectivity index is 2.52. The standard InChI is InChI=1S/C16H32/c1-8-15(6)12-16(15,7)14(4,5)11-9-10-13(2)3/h13H,8-12H2,1-7H3. The maximum absolute atomic E-state index is 2.52. The molecule has 1 rings (SSSR count). The Kier molecular flexibility index (Phi) is 3.82. The molecular formula is C16H32. The molecule has 0 nitrogen and oxygen atoms in total. The lowest BCUT2D eigenvalue weighted by molar-refractivity contribution is 0.133. The molecule has 0 radical (unpaired) electrons. The van der Waals surface area contributed by atoms with Gasteiger partial charge in [-0.05, 0) is 35.0 Å². The Morgan fingerprint density at radius 1 is 1.19 bits per heavy atom. The van der Waals surface area contributed by atoms with Crippen LogP contribution in [0.5, 0.6) is 0 Å². The SMILES string of the molecule is CCC1(C)CC1(C)C(C)(C)CCCC(C)C. The molecule has 2 unspecified atom stereocenters. The molecule has 0 N–H and O–H groups in total. The molecule has 96 valence electrons. The molecule has 0 aromatic carbocycles. The highest BCUT2D eigenvalue weighted by Gasteiger charge is 2.65. The Morgan fingerprint density at radius 2 is 1.75 bits per heavy atom. The van der Waals surface area contributed by atoms with Crippen molar-refractivity contribution in [1.82, 2.24) is 0 Å². The summed E-state index contributed by atoms with van der Waals surface area (Å²) in [7, 11) is 0. The van der Waals surface area contributed by atoms with E-state index >= 15 is 0 Å². The first kappa shape index (κ1) is 14.1. The van der Waals surface area contributed by atoms with Crippen molar-refractivity contribution in [2.24, 2.45) is 22.2 Å². The molecule has 1 aliphatic carbocycles. The fraction of sp³-hybridized carbons (Fsp3) is 1.00. The average molecular weight is 224 g/mol. The van der Waals surface area contributed by atoms with Crippen LogP contribution in [-0.4, -0.2) is 0 Å². The minimum Gasteiger partial charge on any atom is -0.0648 e. The molecule has 0 heterocycles. The van der Waals surface area contributed by atoms with Gasteiger partial charge in [-0.25, -0.2) is 0 Å². The maximum atomic E-state index is 2.52. The van der Waals surface area contributed by atoms with Gasteiger partial charge in [0.05, 0.1) is 0 Å². The lowest BCUT2D eigenvalue weighted by Crippen LogP contribution is -2.28. The molecule has 1 aliphatic rings. The number of rotatable bonds is 6. The maximum Gasteiger partial charge on any atom is -0.0215 e. The second kappa shape index (κ2) is 4.35. The summed E-state index contributed by atoms with van der Waals surface area (Å²) < 4.78 is 0. The van der Waals surface area contributed by atoms with E-state index in [1.807, 2.05) is 0 Å². The van der Waals surface area contributed by atoms with E-state index in [-0.39, 0.29) is 0 Å². The van der Waals surface area contributed by atoms with E-state index in [1.54, 1.807) is 0 Å². The normalized spacial score (nSPS) is 34.5. The molecule has 0 aromatic rings. The first-order chi connectivity index (χ1) is 7.18. The fourth-order valence-corrected chi connectivity index (χ4v) is 3.54. The molecule has 0 heteroatoms. The zero-order valence-corrected chi connectivity index (χ0v) is 12.6. The van der Waals surface area contributed by atoms with Crippen LogP contribution in [0.2, 0.25) is 0 Å². The van der Waals surface area contributed by atoms with Gasteiger partial charge < -0.3 is 0 Å². The third-order valence-corrected chi connectivity index (χ3v) is 5.81. The van der Waals surface area contributed by atoms with E-state index in [9.17, 15) is 0 Å². The van der Waals surface area contributed by atoms with Crippen molar-refractivity contribution < 1.29 is 0 Å². The molecule has 0 aromatic heterocycles. The van der Waals surface area contributed by atoms with Gasteiger partial charge in [-0.1, -0.05) is 67.7 Å². The highest BCUT2D eigenvalue weighted by molar-refractivity contribution is 5.14. The van der Waals surface area contributed by atoms with Crippen LogP contribution in [0.1, 0.15) is 80.6 Å². The van der Waals surface area contributed by atoms with Crippen LogP contribution in [0.3, 0.4) is 0 Å². The molecule has 1 fully saturated rings. The average Bonchev–Trinajstić information content (AvgIpc) is 2.71. The Bertz CT molecular complexity index is 238. The van der Waals surface area contributed by atoms with Crippen LogP contribution in [0.25, 0.3) is 0 Å². The van der Waals surface area contributed by atoms with Crippen molar-refractivity contribution >= 4 is 0 Å². The molecule has 0 spiro atoms. The fourth-order valence-electron chi connectivity index (χ4n) is 3.54. The molecule has 2 atom stereocenters. The number of hydrogen-bond donors (Lipinski definition) is 0. The predicted octanol–water partition coefficient (Wildman–Crippen LogP) is 5.67. The van der Waals surface area contributed by atoms with E-state index < -0.39 is 0 Å². The Hall–Kier alpha value is 0. The van der Waals surface area contributed by atoms with Gasteiger partial charge in [-0.3, -0.25) is 0 Å². The molecule has 0 bridgehead atoms. The predicted molar refractivity (Wildman–Crippen MR) is 73.6 cm³/mol. The van der Waals surface area contributed by atoms with Gasteiger partial charge in [0.25, 0.3) is 0 Å². The van der Waals surface area contributed by atoms with Gasteiger partial charge >= 0.3 is 0 Å².